The monoisotopic (exact) mass is 123 g/mol. The Balaban J connectivity index is 3.28. The van der Waals surface area contributed by atoms with Gasteiger partial charge in [-0.1, -0.05) is 0 Å². The summed E-state index contributed by atoms with van der Waals surface area (Å²) in [4.78, 5) is 18.5. The second-order valence-corrected chi connectivity index (χ2v) is 1.36. The summed E-state index contributed by atoms with van der Waals surface area (Å²) in [6, 6.07) is 1.38. The van der Waals surface area contributed by atoms with Gasteiger partial charge in [0.15, 0.2) is 0 Å². The molecule has 0 aliphatic carbocycles. The minimum absolute atomic E-state index is 0.106. The molecule has 0 unspecified atom stereocenters. The lowest BCUT2D eigenvalue weighted by Crippen LogP contribution is -2.06. The zero-order chi connectivity index (χ0) is 6.69. The minimum atomic E-state index is -0.523. The maximum atomic E-state index is 10.3. The molecule has 0 aromatic carbocycles. The van der Waals surface area contributed by atoms with Crippen molar-refractivity contribution in [3.8, 4) is 0 Å². The molecule has 0 saturated heterocycles. The zero-order valence-electron chi connectivity index (χ0n) is 4.40. The first-order chi connectivity index (χ1) is 4.33. The Morgan fingerprint density at radius 1 is 1.78 bits per heavy atom. The summed E-state index contributed by atoms with van der Waals surface area (Å²) in [5.74, 6) is 0.106. The van der Waals surface area contributed by atoms with Gasteiger partial charge in [0.1, 0.15) is 0 Å². The van der Waals surface area contributed by atoms with E-state index in [0.29, 0.717) is 0 Å². The predicted octanol–water partition coefficient (Wildman–Crippen LogP) is 0.254. The quantitative estimate of drug-likeness (QED) is 0.502. The lowest BCUT2D eigenvalue weighted by molar-refractivity contribution is 1.08. The average molecular weight is 123 g/mol. The van der Waals surface area contributed by atoms with Crippen LogP contribution in [0.4, 0.5) is 5.82 Å². The van der Waals surface area contributed by atoms with Crippen molar-refractivity contribution in [2.24, 2.45) is 0 Å². The van der Waals surface area contributed by atoms with E-state index < -0.39 is 5.69 Å². The Kier molecular flexibility index (Phi) is 1.24. The van der Waals surface area contributed by atoms with Crippen molar-refractivity contribution in [2.45, 2.75) is 0 Å². The second kappa shape index (κ2) is 2.05. The fourth-order valence-corrected chi connectivity index (χ4v) is 0.417. The second-order valence-electron chi connectivity index (χ2n) is 1.36. The van der Waals surface area contributed by atoms with E-state index in [9.17, 15) is 4.79 Å². The molecule has 0 aliphatic heterocycles. The molecule has 1 aromatic heterocycles. The van der Waals surface area contributed by atoms with E-state index in [1.54, 1.807) is 0 Å². The van der Waals surface area contributed by atoms with Crippen LogP contribution in [0.5, 0.6) is 0 Å². The molecule has 0 aliphatic rings. The Morgan fingerprint density at radius 3 is 3.00 bits per heavy atom. The van der Waals surface area contributed by atoms with E-state index in [0.717, 1.165) is 0 Å². The summed E-state index contributed by atoms with van der Waals surface area (Å²) in [5, 5.41) is 8.09. The van der Waals surface area contributed by atoms with E-state index in [4.69, 9.17) is 5.39 Å². The molecule has 0 saturated carbocycles. The third-order valence-corrected chi connectivity index (χ3v) is 0.767. The van der Waals surface area contributed by atoms with E-state index in [-0.39, 0.29) is 5.82 Å². The molecule has 44 valence electrons. The van der Waals surface area contributed by atoms with Crippen LogP contribution in [-0.4, -0.2) is 9.97 Å². The molecule has 5 nitrogen and oxygen atoms in total. The summed E-state index contributed by atoms with van der Waals surface area (Å²) < 4.78 is 0. The fraction of sp³-hybridized carbons (Fsp3) is 0. The van der Waals surface area contributed by atoms with Crippen molar-refractivity contribution in [3.05, 3.63) is 27.7 Å². The number of hydrogen-bond acceptors (Lipinski definition) is 3. The first kappa shape index (κ1) is 5.44. The summed E-state index contributed by atoms with van der Waals surface area (Å²) in [6.45, 7) is 0. The number of hydrogen-bond donors (Lipinski definition) is 1. The molecule has 9 heavy (non-hydrogen) atoms. The highest BCUT2D eigenvalue weighted by Gasteiger charge is 1.99. The maximum Gasteiger partial charge on any atom is 0.433 e. The smallest absolute Gasteiger partial charge is 0.218 e. The zero-order valence-corrected chi connectivity index (χ0v) is 4.40. The molecule has 1 rings (SSSR count). The maximum absolute atomic E-state index is 10.3. The number of aromatic nitrogens is 2. The molecule has 0 atom stereocenters. The van der Waals surface area contributed by atoms with Crippen molar-refractivity contribution in [3.63, 3.8) is 0 Å². The number of nitrogens with one attached hydrogen (secondary N) is 1. The van der Waals surface area contributed by atoms with Gasteiger partial charge < -0.3 is 0 Å². The summed E-state index contributed by atoms with van der Waals surface area (Å²) in [5.41, 5.74) is -0.523. The molecule has 1 N–H and O–H groups in total. The molecule has 0 bridgehead atoms. The van der Waals surface area contributed by atoms with Crippen LogP contribution in [0.25, 0.3) is 4.98 Å². The van der Waals surface area contributed by atoms with E-state index >= 15 is 0 Å². The van der Waals surface area contributed by atoms with E-state index in [1.165, 1.54) is 12.3 Å². The van der Waals surface area contributed by atoms with Gasteiger partial charge in [-0.05, 0) is 0 Å². The third-order valence-electron chi connectivity index (χ3n) is 0.767. The lowest BCUT2D eigenvalue weighted by Gasteiger charge is -1.70. The van der Waals surface area contributed by atoms with E-state index in [1.807, 2.05) is 0 Å². The van der Waals surface area contributed by atoms with Gasteiger partial charge in [-0.3, -0.25) is 0 Å². The van der Waals surface area contributed by atoms with Gasteiger partial charge in [-0.15, -0.1) is 0 Å². The molecule has 0 radical (unpaired) electrons. The van der Waals surface area contributed by atoms with Gasteiger partial charge in [0.2, 0.25) is 0 Å². The minimum Gasteiger partial charge on any atom is -0.218 e. The van der Waals surface area contributed by atoms with Crippen LogP contribution in [0.15, 0.2) is 17.1 Å². The standard InChI is InChI=1S/C4H2N4O/c5-8-3-1-2-6-4(9)7-3/h1-2H/p+1. The Morgan fingerprint density at radius 2 is 2.56 bits per heavy atom. The Labute approximate surface area is 50.0 Å². The molecule has 1 heterocycles. The molecule has 5 heteroatoms. The van der Waals surface area contributed by atoms with Crippen molar-refractivity contribution >= 4 is 5.82 Å². The first-order valence-electron chi connectivity index (χ1n) is 2.23. The molecule has 0 fully saturated rings. The number of nitrogens with zero attached hydrogens (tertiary/aromatic N) is 3. The van der Waals surface area contributed by atoms with Crippen LogP contribution in [0.2, 0.25) is 0 Å². The predicted molar refractivity (Wildman–Crippen MR) is 29.6 cm³/mol. The van der Waals surface area contributed by atoms with Gasteiger partial charge in [-0.2, -0.15) is 9.97 Å². The number of aromatic amines is 1. The molecule has 1 aromatic rings. The number of diazo groups is 1. The van der Waals surface area contributed by atoms with Gasteiger partial charge in [-0.25, -0.2) is 4.79 Å². The van der Waals surface area contributed by atoms with Crippen LogP contribution in [0.3, 0.4) is 0 Å². The third kappa shape index (κ3) is 1.10. The lowest BCUT2D eigenvalue weighted by atomic mass is 10.6. The Bertz CT molecular complexity index is 296. The Hall–Kier alpha value is -1.70. The van der Waals surface area contributed by atoms with Gasteiger partial charge in [0.05, 0.1) is 11.5 Å². The fourth-order valence-electron chi connectivity index (χ4n) is 0.417. The largest absolute Gasteiger partial charge is 0.433 e. The van der Waals surface area contributed by atoms with Crippen molar-refractivity contribution in [2.75, 3.05) is 0 Å². The van der Waals surface area contributed by atoms with Crippen molar-refractivity contribution in [1.82, 2.24) is 9.97 Å². The van der Waals surface area contributed by atoms with Crippen LogP contribution in [-0.2, 0) is 0 Å². The average Bonchev–Trinajstić information content (AvgIpc) is 1.88. The SMILES string of the molecule is N#[N+]c1ccnc(=O)[nH]1. The highest BCUT2D eigenvalue weighted by Crippen LogP contribution is 1.98. The highest BCUT2D eigenvalue weighted by molar-refractivity contribution is 5.30. The first-order valence-corrected chi connectivity index (χ1v) is 2.23. The van der Waals surface area contributed by atoms with Crippen LogP contribution < -0.4 is 5.69 Å². The summed E-state index contributed by atoms with van der Waals surface area (Å²) in [6.07, 6.45) is 1.26. The topological polar surface area (TPSA) is 73.9 Å². The number of rotatable bonds is 0. The number of H-pyrrole nitrogens is 1. The molecule has 0 spiro atoms. The molecule has 0 amide bonds. The molecular weight excluding hydrogens is 120 g/mol. The van der Waals surface area contributed by atoms with E-state index in [2.05, 4.69) is 14.9 Å². The van der Waals surface area contributed by atoms with Gasteiger partial charge >= 0.3 is 11.5 Å². The van der Waals surface area contributed by atoms with Crippen LogP contribution >= 0.6 is 0 Å². The van der Waals surface area contributed by atoms with Crippen molar-refractivity contribution in [1.29, 1.82) is 5.39 Å². The van der Waals surface area contributed by atoms with Gasteiger partial charge in [0.25, 0.3) is 0 Å². The molecular formula is C4H3N4O+. The highest BCUT2D eigenvalue weighted by atomic mass is 16.1. The van der Waals surface area contributed by atoms with Crippen molar-refractivity contribution < 1.29 is 0 Å². The van der Waals surface area contributed by atoms with Crippen LogP contribution in [0.1, 0.15) is 0 Å². The van der Waals surface area contributed by atoms with Gasteiger partial charge in [0, 0.05) is 11.2 Å². The summed E-state index contributed by atoms with van der Waals surface area (Å²) in [7, 11) is 0. The summed E-state index contributed by atoms with van der Waals surface area (Å²) >= 11 is 0. The normalized spacial score (nSPS) is 8.33. The van der Waals surface area contributed by atoms with Crippen LogP contribution in [0, 0.1) is 5.39 Å².